The topological polar surface area (TPSA) is 92.5 Å². The first kappa shape index (κ1) is 36.0. The highest BCUT2D eigenvalue weighted by Gasteiger charge is 2.63. The van der Waals surface area contributed by atoms with E-state index in [0.717, 1.165) is 78.8 Å². The quantitative estimate of drug-likeness (QED) is 0.322. The summed E-state index contributed by atoms with van der Waals surface area (Å²) in [6, 6.07) is 4.21. The van der Waals surface area contributed by atoms with E-state index in [1.54, 1.807) is 6.26 Å². The van der Waals surface area contributed by atoms with Gasteiger partial charge in [0.15, 0.2) is 0 Å². The highest BCUT2D eigenvalue weighted by atomic mass is 16.5. The van der Waals surface area contributed by atoms with E-state index in [1.807, 2.05) is 6.20 Å². The van der Waals surface area contributed by atoms with Crippen molar-refractivity contribution in [3.8, 4) is 0 Å². The van der Waals surface area contributed by atoms with E-state index in [9.17, 15) is 10.2 Å². The monoisotopic (exact) mass is 715 g/mol. The van der Waals surface area contributed by atoms with E-state index in [-0.39, 0.29) is 0 Å². The summed E-state index contributed by atoms with van der Waals surface area (Å²) >= 11 is 0. The molecule has 0 bridgehead atoms. The molecular weight excluding hydrogens is 645 g/mol. The van der Waals surface area contributed by atoms with E-state index in [2.05, 4.69) is 64.0 Å². The molecule has 6 unspecified atom stereocenters. The molecular formula is C46H70N2O4. The zero-order valence-electron chi connectivity index (χ0n) is 33.4. The molecule has 2 aromatic rings. The van der Waals surface area contributed by atoms with E-state index in [0.29, 0.717) is 33.5 Å². The summed E-state index contributed by atoms with van der Waals surface area (Å²) in [6.45, 7) is 14.4. The van der Waals surface area contributed by atoms with Crippen molar-refractivity contribution >= 4 is 0 Å². The number of aliphatic hydroxyl groups is 2. The smallest absolute Gasteiger partial charge is 0.140 e. The Hall–Kier alpha value is -1.66. The first-order chi connectivity index (χ1) is 24.7. The molecule has 0 aliphatic heterocycles. The van der Waals surface area contributed by atoms with Crippen molar-refractivity contribution < 1.29 is 19.3 Å². The third-order valence-electron chi connectivity index (χ3n) is 19.5. The van der Waals surface area contributed by atoms with Crippen LogP contribution in [-0.4, -0.2) is 31.7 Å². The summed E-state index contributed by atoms with van der Waals surface area (Å²) in [5, 5.41) is 29.6. The fourth-order valence-corrected chi connectivity index (χ4v) is 16.6. The second-order valence-corrected chi connectivity index (χ2v) is 21.9. The summed E-state index contributed by atoms with van der Waals surface area (Å²) in [5.41, 5.74) is 2.05. The second kappa shape index (κ2) is 12.4. The summed E-state index contributed by atoms with van der Waals surface area (Å²) in [7, 11) is 0. The lowest BCUT2D eigenvalue weighted by Gasteiger charge is -2.61. The predicted octanol–water partition coefficient (Wildman–Crippen LogP) is 11.1. The first-order valence-electron chi connectivity index (χ1n) is 21.9. The van der Waals surface area contributed by atoms with Crippen molar-refractivity contribution in [2.75, 3.05) is 0 Å². The van der Waals surface area contributed by atoms with Gasteiger partial charge in [-0.1, -0.05) is 38.0 Å². The van der Waals surface area contributed by atoms with Crippen LogP contribution >= 0.6 is 0 Å². The molecule has 2 aromatic heterocycles. The van der Waals surface area contributed by atoms with Gasteiger partial charge in [-0.05, 0) is 198 Å². The van der Waals surface area contributed by atoms with Gasteiger partial charge in [0.05, 0.1) is 23.1 Å². The predicted molar refractivity (Wildman–Crippen MR) is 203 cm³/mol. The average molecular weight is 715 g/mol. The molecule has 0 amide bonds. The minimum Gasteiger partial charge on any atom is -0.390 e. The second-order valence-electron chi connectivity index (χ2n) is 21.9. The van der Waals surface area contributed by atoms with Crippen LogP contribution in [0.5, 0.6) is 0 Å². The Balaban J connectivity index is 0.000000138. The van der Waals surface area contributed by atoms with Crippen LogP contribution in [0.25, 0.3) is 0 Å². The molecule has 2 heterocycles. The van der Waals surface area contributed by atoms with E-state index >= 15 is 0 Å². The molecule has 8 aliphatic carbocycles. The Morgan fingerprint density at radius 3 is 1.58 bits per heavy atom. The SMILES string of the molecule is C[C@@]1(O)CC[C@]2(C)C3CC[C@@]4(C)C(CC[C@@H]4c4ccno4)C3CC[C@H]2C1.C[C@@]1(O)CC[C@]2(C)C3CC[C@@]4(C)C(CC[C@@H]4c4ccon4)C3CC[C@H]2C1. The highest BCUT2D eigenvalue weighted by Crippen LogP contribution is 2.71. The fraction of sp³-hybridized carbons (Fsp3) is 0.870. The van der Waals surface area contributed by atoms with Crippen molar-refractivity contribution in [1.29, 1.82) is 0 Å². The lowest BCUT2D eigenvalue weighted by atomic mass is 9.44. The highest BCUT2D eigenvalue weighted by molar-refractivity contribution is 5.20. The van der Waals surface area contributed by atoms with Crippen LogP contribution < -0.4 is 0 Å². The fourth-order valence-electron chi connectivity index (χ4n) is 16.6. The van der Waals surface area contributed by atoms with Gasteiger partial charge in [-0.15, -0.1) is 0 Å². The number of hydrogen-bond donors (Lipinski definition) is 2. The van der Waals surface area contributed by atoms with Crippen molar-refractivity contribution in [3.63, 3.8) is 0 Å². The van der Waals surface area contributed by atoms with Crippen LogP contribution in [0.2, 0.25) is 0 Å². The molecule has 288 valence electrons. The maximum atomic E-state index is 10.6. The first-order valence-corrected chi connectivity index (χ1v) is 21.9. The summed E-state index contributed by atoms with van der Waals surface area (Å²) < 4.78 is 10.8. The zero-order valence-corrected chi connectivity index (χ0v) is 33.4. The Morgan fingerprint density at radius 1 is 0.558 bits per heavy atom. The maximum Gasteiger partial charge on any atom is 0.140 e. The summed E-state index contributed by atoms with van der Waals surface area (Å²) in [5.74, 6) is 8.92. The Kier molecular flexibility index (Phi) is 8.60. The third-order valence-corrected chi connectivity index (χ3v) is 19.5. The number of hydrogen-bond acceptors (Lipinski definition) is 6. The van der Waals surface area contributed by atoms with Gasteiger partial charge in [-0.2, -0.15) is 0 Å². The number of nitrogens with zero attached hydrogens (tertiary/aromatic N) is 2. The van der Waals surface area contributed by atoms with Gasteiger partial charge in [0, 0.05) is 24.0 Å². The minimum absolute atomic E-state index is 0.393. The average Bonchev–Trinajstić information content (AvgIpc) is 3.92. The van der Waals surface area contributed by atoms with Gasteiger partial charge in [-0.25, -0.2) is 0 Å². The zero-order chi connectivity index (χ0) is 36.3. The third kappa shape index (κ3) is 5.50. The molecule has 52 heavy (non-hydrogen) atoms. The van der Waals surface area contributed by atoms with Gasteiger partial charge in [0.2, 0.25) is 0 Å². The maximum absolute atomic E-state index is 10.6. The molecule has 8 fully saturated rings. The molecule has 2 N–H and O–H groups in total. The largest absolute Gasteiger partial charge is 0.390 e. The Morgan fingerprint density at radius 2 is 1.08 bits per heavy atom. The number of fused-ring (bicyclic) bond motifs is 10. The Labute approximate surface area is 314 Å². The normalized spacial score (nSPS) is 53.6. The van der Waals surface area contributed by atoms with Crippen LogP contribution in [0.3, 0.4) is 0 Å². The number of aromatic nitrogens is 2. The molecule has 0 aromatic carbocycles. The van der Waals surface area contributed by atoms with Gasteiger partial charge >= 0.3 is 0 Å². The van der Waals surface area contributed by atoms with Crippen LogP contribution in [0.4, 0.5) is 0 Å². The van der Waals surface area contributed by atoms with E-state index in [1.165, 1.54) is 95.6 Å². The molecule has 0 saturated heterocycles. The molecule has 6 nitrogen and oxygen atoms in total. The van der Waals surface area contributed by atoms with Crippen molar-refractivity contribution in [3.05, 3.63) is 36.0 Å². The summed E-state index contributed by atoms with van der Waals surface area (Å²) in [4.78, 5) is 0. The lowest BCUT2D eigenvalue weighted by molar-refractivity contribution is -0.144. The minimum atomic E-state index is -0.426. The molecule has 8 aliphatic rings. The Bertz CT molecular complexity index is 1450. The molecule has 6 heteroatoms. The van der Waals surface area contributed by atoms with Crippen molar-refractivity contribution in [2.45, 2.75) is 180 Å². The molecule has 8 saturated carbocycles. The standard InChI is InChI=1S/2C23H35NO2/c1-21(25)11-12-22(2)15(14-21)4-5-16-17-6-7-19(20-9-13-26-24-20)23(17,3)10-8-18(16)22;1-21(25)11-12-22(2)15(14-21)4-5-16-17-6-7-19(20-9-13-24-26-20)23(17,3)10-8-18(16)22/h2*9,13,15-19,25H,4-8,10-12,14H2,1-3H3/t2*15-,16?,17?,18?,19+,21+,22-,23-/m00/s1. The van der Waals surface area contributed by atoms with Gasteiger partial charge in [0.25, 0.3) is 0 Å². The van der Waals surface area contributed by atoms with Gasteiger partial charge in [0.1, 0.15) is 12.0 Å². The molecule has 0 spiro atoms. The molecule has 10 rings (SSSR count). The lowest BCUT2D eigenvalue weighted by Crippen LogP contribution is -2.55. The van der Waals surface area contributed by atoms with Gasteiger partial charge < -0.3 is 19.3 Å². The van der Waals surface area contributed by atoms with Crippen LogP contribution in [-0.2, 0) is 0 Å². The van der Waals surface area contributed by atoms with Crippen molar-refractivity contribution in [2.24, 2.45) is 69.0 Å². The molecule has 16 atom stereocenters. The van der Waals surface area contributed by atoms with E-state index < -0.39 is 11.2 Å². The summed E-state index contributed by atoms with van der Waals surface area (Å²) in [6.07, 6.45) is 26.2. The van der Waals surface area contributed by atoms with Gasteiger partial charge in [-0.3, -0.25) is 0 Å². The number of rotatable bonds is 2. The van der Waals surface area contributed by atoms with Crippen LogP contribution in [0.1, 0.15) is 180 Å². The van der Waals surface area contributed by atoms with E-state index in [4.69, 9.17) is 9.05 Å². The van der Waals surface area contributed by atoms with Crippen LogP contribution in [0.15, 0.2) is 33.6 Å². The molecule has 0 radical (unpaired) electrons. The van der Waals surface area contributed by atoms with Crippen molar-refractivity contribution in [1.82, 2.24) is 10.3 Å². The van der Waals surface area contributed by atoms with Crippen LogP contribution in [0, 0.1) is 69.0 Å².